The highest BCUT2D eigenvalue weighted by Gasteiger charge is 2.21. The van der Waals surface area contributed by atoms with Crippen LogP contribution >= 0.6 is 11.6 Å². The predicted molar refractivity (Wildman–Crippen MR) is 103 cm³/mol. The predicted octanol–water partition coefficient (Wildman–Crippen LogP) is 3.68. The molecule has 1 atom stereocenters. The van der Waals surface area contributed by atoms with Gasteiger partial charge in [-0.1, -0.05) is 48.0 Å². The van der Waals surface area contributed by atoms with Crippen LogP contribution in [0.4, 0.5) is 0 Å². The number of fused-ring (bicyclic) bond motifs is 1. The van der Waals surface area contributed by atoms with Crippen molar-refractivity contribution >= 4 is 28.4 Å². The van der Waals surface area contributed by atoms with Gasteiger partial charge in [-0.05, 0) is 30.3 Å². The molecule has 4 nitrogen and oxygen atoms in total. The molecule has 0 spiro atoms. The molecular weight excluding hydrogens is 334 g/mol. The smallest absolute Gasteiger partial charge is 0.221 e. The quantitative estimate of drug-likeness (QED) is 0.605. The van der Waals surface area contributed by atoms with Crippen molar-refractivity contribution in [1.82, 2.24) is 15.6 Å². The summed E-state index contributed by atoms with van der Waals surface area (Å²) < 4.78 is 0. The molecule has 3 rings (SSSR count). The number of nitrogens with one attached hydrogen (secondary N) is 3. The van der Waals surface area contributed by atoms with Crippen LogP contribution in [0.2, 0.25) is 5.02 Å². The van der Waals surface area contributed by atoms with E-state index < -0.39 is 0 Å². The lowest BCUT2D eigenvalue weighted by Crippen LogP contribution is -2.30. The van der Waals surface area contributed by atoms with Crippen molar-refractivity contribution in [2.45, 2.75) is 12.3 Å². The first-order chi connectivity index (χ1) is 12.2. The van der Waals surface area contributed by atoms with Gasteiger partial charge in [-0.3, -0.25) is 4.79 Å². The fourth-order valence-corrected chi connectivity index (χ4v) is 3.34. The van der Waals surface area contributed by atoms with E-state index in [-0.39, 0.29) is 11.8 Å². The van der Waals surface area contributed by atoms with Crippen molar-refractivity contribution in [2.75, 3.05) is 20.1 Å². The largest absolute Gasteiger partial charge is 0.361 e. The molecular formula is C20H22ClN3O. The highest BCUT2D eigenvalue weighted by atomic mass is 35.5. The Morgan fingerprint density at radius 2 is 1.88 bits per heavy atom. The van der Waals surface area contributed by atoms with Gasteiger partial charge in [0.2, 0.25) is 5.91 Å². The van der Waals surface area contributed by atoms with Gasteiger partial charge in [0.05, 0.1) is 0 Å². The van der Waals surface area contributed by atoms with Crippen LogP contribution in [0, 0.1) is 0 Å². The third kappa shape index (κ3) is 4.03. The number of aromatic nitrogens is 1. The Balaban J connectivity index is 1.92. The second-order valence-electron chi connectivity index (χ2n) is 6.02. The van der Waals surface area contributed by atoms with Crippen LogP contribution in [0.15, 0.2) is 54.7 Å². The number of hydrogen-bond donors (Lipinski definition) is 3. The second kappa shape index (κ2) is 8.19. The topological polar surface area (TPSA) is 56.9 Å². The minimum atomic E-state index is -0.0108. The summed E-state index contributed by atoms with van der Waals surface area (Å²) in [5.41, 5.74) is 3.23. The van der Waals surface area contributed by atoms with E-state index in [1.807, 2.05) is 55.7 Å². The summed E-state index contributed by atoms with van der Waals surface area (Å²) in [5, 5.41) is 7.90. The molecule has 0 saturated carbocycles. The lowest BCUT2D eigenvalue weighted by molar-refractivity contribution is -0.121. The summed E-state index contributed by atoms with van der Waals surface area (Å²) in [4.78, 5) is 15.4. The van der Waals surface area contributed by atoms with Crippen LogP contribution in [0.1, 0.15) is 23.5 Å². The number of amides is 1. The molecule has 1 amide bonds. The van der Waals surface area contributed by atoms with Crippen LogP contribution in [0.5, 0.6) is 0 Å². The zero-order valence-electron chi connectivity index (χ0n) is 14.2. The van der Waals surface area contributed by atoms with Crippen LogP contribution < -0.4 is 10.6 Å². The Kier molecular flexibility index (Phi) is 5.74. The Labute approximate surface area is 152 Å². The SMILES string of the molecule is CNCCC(=O)NCC(c1ccccc1Cl)c1c[nH]c2ccccc12. The molecule has 25 heavy (non-hydrogen) atoms. The molecule has 0 aliphatic heterocycles. The van der Waals surface area contributed by atoms with Crippen LogP contribution in [0.25, 0.3) is 10.9 Å². The molecule has 0 fully saturated rings. The molecule has 130 valence electrons. The summed E-state index contributed by atoms with van der Waals surface area (Å²) in [6.07, 6.45) is 2.47. The Hall–Kier alpha value is -2.30. The first kappa shape index (κ1) is 17.5. The Morgan fingerprint density at radius 3 is 2.68 bits per heavy atom. The molecule has 0 saturated heterocycles. The molecule has 0 bridgehead atoms. The summed E-state index contributed by atoms with van der Waals surface area (Å²) in [6, 6.07) is 16.0. The van der Waals surface area contributed by atoms with Gasteiger partial charge >= 0.3 is 0 Å². The van der Waals surface area contributed by atoms with Crippen molar-refractivity contribution < 1.29 is 4.79 Å². The van der Waals surface area contributed by atoms with Gasteiger partial charge in [0.25, 0.3) is 0 Å². The number of H-pyrrole nitrogens is 1. The maximum atomic E-state index is 12.1. The zero-order chi connectivity index (χ0) is 17.6. The maximum absolute atomic E-state index is 12.1. The standard InChI is InChI=1S/C20H22ClN3O/c1-22-11-10-20(25)24-13-16(14-6-2-4-8-18(14)21)17-12-23-19-9-5-3-7-15(17)19/h2-9,12,16,22-23H,10-11,13H2,1H3,(H,24,25). The van der Waals surface area contributed by atoms with Crippen molar-refractivity contribution in [1.29, 1.82) is 0 Å². The second-order valence-corrected chi connectivity index (χ2v) is 6.43. The monoisotopic (exact) mass is 355 g/mol. The van der Waals surface area contributed by atoms with Crippen molar-refractivity contribution in [3.8, 4) is 0 Å². The molecule has 0 aliphatic rings. The molecule has 0 radical (unpaired) electrons. The third-order valence-corrected chi connectivity index (χ3v) is 4.73. The third-order valence-electron chi connectivity index (χ3n) is 4.38. The Morgan fingerprint density at radius 1 is 1.12 bits per heavy atom. The number of halogens is 1. The zero-order valence-corrected chi connectivity index (χ0v) is 14.9. The fourth-order valence-electron chi connectivity index (χ4n) is 3.07. The molecule has 1 aromatic heterocycles. The van der Waals surface area contributed by atoms with E-state index >= 15 is 0 Å². The first-order valence-electron chi connectivity index (χ1n) is 8.42. The maximum Gasteiger partial charge on any atom is 0.221 e. The number of rotatable bonds is 7. The van der Waals surface area contributed by atoms with Gasteiger partial charge in [-0.2, -0.15) is 0 Å². The van der Waals surface area contributed by atoms with Crippen molar-refractivity contribution in [3.05, 3.63) is 70.9 Å². The molecule has 3 aromatic rings. The lowest BCUT2D eigenvalue weighted by atomic mass is 9.90. The lowest BCUT2D eigenvalue weighted by Gasteiger charge is -2.19. The average Bonchev–Trinajstić information content (AvgIpc) is 3.05. The first-order valence-corrected chi connectivity index (χ1v) is 8.80. The van der Waals surface area contributed by atoms with E-state index in [9.17, 15) is 4.79 Å². The van der Waals surface area contributed by atoms with E-state index in [0.29, 0.717) is 24.5 Å². The molecule has 2 aromatic carbocycles. The number of carbonyl (C=O) groups excluding carboxylic acids is 1. The van der Waals surface area contributed by atoms with Gasteiger partial charge in [-0.25, -0.2) is 0 Å². The average molecular weight is 356 g/mol. The summed E-state index contributed by atoms with van der Waals surface area (Å²) in [7, 11) is 1.84. The van der Waals surface area contributed by atoms with Gasteiger partial charge in [0.1, 0.15) is 0 Å². The van der Waals surface area contributed by atoms with Crippen molar-refractivity contribution in [3.63, 3.8) is 0 Å². The molecule has 5 heteroatoms. The van der Waals surface area contributed by atoms with Crippen LogP contribution in [-0.2, 0) is 4.79 Å². The summed E-state index contributed by atoms with van der Waals surface area (Å²) >= 11 is 6.45. The number of carbonyl (C=O) groups is 1. The molecule has 3 N–H and O–H groups in total. The number of aromatic amines is 1. The minimum absolute atomic E-state index is 0.0108. The van der Waals surface area contributed by atoms with Gasteiger partial charge in [0, 0.05) is 47.6 Å². The Bertz CT molecular complexity index is 859. The normalized spacial score (nSPS) is 12.2. The summed E-state index contributed by atoms with van der Waals surface area (Å²) in [6.45, 7) is 1.17. The van der Waals surface area contributed by atoms with Gasteiger partial charge in [-0.15, -0.1) is 0 Å². The van der Waals surface area contributed by atoms with Crippen LogP contribution in [0.3, 0.4) is 0 Å². The number of para-hydroxylation sites is 1. The van der Waals surface area contributed by atoms with Gasteiger partial charge in [0.15, 0.2) is 0 Å². The van der Waals surface area contributed by atoms with E-state index in [2.05, 4.69) is 21.7 Å². The van der Waals surface area contributed by atoms with Crippen LogP contribution in [-0.4, -0.2) is 31.0 Å². The van der Waals surface area contributed by atoms with Gasteiger partial charge < -0.3 is 15.6 Å². The number of benzene rings is 2. The van der Waals surface area contributed by atoms with E-state index in [0.717, 1.165) is 22.0 Å². The van der Waals surface area contributed by atoms with E-state index in [1.54, 1.807) is 0 Å². The highest BCUT2D eigenvalue weighted by molar-refractivity contribution is 6.31. The molecule has 0 aliphatic carbocycles. The summed E-state index contributed by atoms with van der Waals surface area (Å²) in [5.74, 6) is 0.0228. The molecule has 1 unspecified atom stereocenters. The molecule has 1 heterocycles. The fraction of sp³-hybridized carbons (Fsp3) is 0.250. The van der Waals surface area contributed by atoms with Crippen molar-refractivity contribution in [2.24, 2.45) is 0 Å². The minimum Gasteiger partial charge on any atom is -0.361 e. The van der Waals surface area contributed by atoms with E-state index in [4.69, 9.17) is 11.6 Å². The van der Waals surface area contributed by atoms with E-state index in [1.165, 1.54) is 0 Å². The highest BCUT2D eigenvalue weighted by Crippen LogP contribution is 2.33. The number of hydrogen-bond acceptors (Lipinski definition) is 2.